The average molecular weight is 281 g/mol. The van der Waals surface area contributed by atoms with Crippen molar-refractivity contribution < 1.29 is 9.13 Å². The first-order valence-corrected chi connectivity index (χ1v) is 7.68. The highest BCUT2D eigenvalue weighted by molar-refractivity contribution is 5.19. The molecule has 0 fully saturated rings. The molecule has 0 aliphatic carbocycles. The van der Waals surface area contributed by atoms with E-state index < -0.39 is 0 Å². The SMILES string of the molecule is CCCNC(Cc1ccccc1F)C(C)(CC)OCC. The predicted octanol–water partition coefficient (Wildman–Crippen LogP) is 3.94. The van der Waals surface area contributed by atoms with Crippen LogP contribution in [0.3, 0.4) is 0 Å². The molecule has 1 aromatic carbocycles. The summed E-state index contributed by atoms with van der Waals surface area (Å²) in [5.41, 5.74) is 0.479. The van der Waals surface area contributed by atoms with E-state index in [9.17, 15) is 4.39 Å². The molecule has 0 radical (unpaired) electrons. The molecule has 0 saturated heterocycles. The largest absolute Gasteiger partial charge is 0.374 e. The van der Waals surface area contributed by atoms with Gasteiger partial charge in [0.1, 0.15) is 5.82 Å². The fourth-order valence-electron chi connectivity index (χ4n) is 2.49. The molecule has 1 rings (SSSR count). The van der Waals surface area contributed by atoms with Crippen molar-refractivity contribution >= 4 is 0 Å². The Hall–Kier alpha value is -0.930. The molecule has 0 spiro atoms. The number of rotatable bonds is 9. The smallest absolute Gasteiger partial charge is 0.126 e. The summed E-state index contributed by atoms with van der Waals surface area (Å²) < 4.78 is 19.8. The van der Waals surface area contributed by atoms with E-state index in [4.69, 9.17) is 4.74 Å². The van der Waals surface area contributed by atoms with Crippen molar-refractivity contribution in [2.24, 2.45) is 0 Å². The van der Waals surface area contributed by atoms with Gasteiger partial charge in [0.15, 0.2) is 0 Å². The van der Waals surface area contributed by atoms with Gasteiger partial charge in [0, 0.05) is 12.6 Å². The molecule has 2 unspecified atom stereocenters. The maximum absolute atomic E-state index is 13.9. The van der Waals surface area contributed by atoms with Gasteiger partial charge in [-0.2, -0.15) is 0 Å². The first-order chi connectivity index (χ1) is 9.57. The molecule has 114 valence electrons. The van der Waals surface area contributed by atoms with Crippen LogP contribution in [-0.2, 0) is 11.2 Å². The fourth-order valence-corrected chi connectivity index (χ4v) is 2.49. The molecule has 0 amide bonds. The highest BCUT2D eigenvalue weighted by Crippen LogP contribution is 2.24. The number of halogens is 1. The van der Waals surface area contributed by atoms with Crippen LogP contribution < -0.4 is 5.32 Å². The molecule has 0 saturated carbocycles. The van der Waals surface area contributed by atoms with Crippen LogP contribution in [0, 0.1) is 5.82 Å². The van der Waals surface area contributed by atoms with Crippen molar-refractivity contribution in [2.45, 2.75) is 58.6 Å². The molecule has 0 bridgehead atoms. The van der Waals surface area contributed by atoms with Crippen molar-refractivity contribution in [1.82, 2.24) is 5.32 Å². The molecule has 1 aromatic rings. The van der Waals surface area contributed by atoms with Gasteiger partial charge < -0.3 is 10.1 Å². The minimum Gasteiger partial charge on any atom is -0.374 e. The lowest BCUT2D eigenvalue weighted by Crippen LogP contribution is -2.52. The zero-order valence-electron chi connectivity index (χ0n) is 13.2. The summed E-state index contributed by atoms with van der Waals surface area (Å²) >= 11 is 0. The van der Waals surface area contributed by atoms with Crippen molar-refractivity contribution in [3.8, 4) is 0 Å². The topological polar surface area (TPSA) is 21.3 Å². The standard InChI is InChI=1S/C17H28FNO/c1-5-12-19-16(17(4,6-2)20-7-3)13-14-10-8-9-11-15(14)18/h8-11,16,19H,5-7,12-13H2,1-4H3. The third-order valence-electron chi connectivity index (χ3n) is 3.94. The lowest BCUT2D eigenvalue weighted by Gasteiger charge is -2.37. The summed E-state index contributed by atoms with van der Waals surface area (Å²) in [6.45, 7) is 9.97. The van der Waals surface area contributed by atoms with E-state index in [-0.39, 0.29) is 17.5 Å². The van der Waals surface area contributed by atoms with Gasteiger partial charge in [-0.3, -0.25) is 0 Å². The van der Waals surface area contributed by atoms with Crippen molar-refractivity contribution in [3.05, 3.63) is 35.6 Å². The Morgan fingerprint density at radius 1 is 1.25 bits per heavy atom. The second kappa shape index (κ2) is 8.38. The highest BCUT2D eigenvalue weighted by Gasteiger charge is 2.33. The van der Waals surface area contributed by atoms with E-state index in [1.165, 1.54) is 6.07 Å². The van der Waals surface area contributed by atoms with E-state index >= 15 is 0 Å². The normalized spacial score (nSPS) is 15.8. The van der Waals surface area contributed by atoms with Gasteiger partial charge in [-0.1, -0.05) is 32.0 Å². The van der Waals surface area contributed by atoms with E-state index in [1.807, 2.05) is 19.1 Å². The van der Waals surface area contributed by atoms with E-state index in [0.717, 1.165) is 24.9 Å². The number of ether oxygens (including phenoxy) is 1. The molecular weight excluding hydrogens is 253 g/mol. The second-order valence-electron chi connectivity index (χ2n) is 5.40. The van der Waals surface area contributed by atoms with Crippen LogP contribution in [0.4, 0.5) is 4.39 Å². The Morgan fingerprint density at radius 2 is 1.95 bits per heavy atom. The average Bonchev–Trinajstić information content (AvgIpc) is 2.45. The summed E-state index contributed by atoms with van der Waals surface area (Å²) in [6.07, 6.45) is 2.60. The minimum absolute atomic E-state index is 0.115. The summed E-state index contributed by atoms with van der Waals surface area (Å²) in [5, 5.41) is 3.53. The summed E-state index contributed by atoms with van der Waals surface area (Å²) in [4.78, 5) is 0. The number of hydrogen-bond donors (Lipinski definition) is 1. The lowest BCUT2D eigenvalue weighted by atomic mass is 9.88. The maximum Gasteiger partial charge on any atom is 0.126 e. The van der Waals surface area contributed by atoms with E-state index in [2.05, 4.69) is 26.1 Å². The predicted molar refractivity (Wildman–Crippen MR) is 82.5 cm³/mol. The zero-order valence-corrected chi connectivity index (χ0v) is 13.2. The molecule has 2 atom stereocenters. The Labute approximate surface area is 122 Å². The monoisotopic (exact) mass is 281 g/mol. The third kappa shape index (κ3) is 4.57. The summed E-state index contributed by atoms with van der Waals surface area (Å²) in [5.74, 6) is -0.134. The number of benzene rings is 1. The van der Waals surface area contributed by atoms with Gasteiger partial charge in [-0.25, -0.2) is 4.39 Å². The molecule has 3 heteroatoms. The van der Waals surface area contributed by atoms with Crippen LogP contribution in [0.2, 0.25) is 0 Å². The van der Waals surface area contributed by atoms with Gasteiger partial charge in [-0.15, -0.1) is 0 Å². The van der Waals surface area contributed by atoms with Crippen LogP contribution in [0.1, 0.15) is 46.1 Å². The molecule has 1 N–H and O–H groups in total. The lowest BCUT2D eigenvalue weighted by molar-refractivity contribution is -0.0551. The molecule has 0 aliphatic rings. The molecule has 0 heterocycles. The van der Waals surface area contributed by atoms with Crippen LogP contribution in [0.15, 0.2) is 24.3 Å². The second-order valence-corrected chi connectivity index (χ2v) is 5.40. The van der Waals surface area contributed by atoms with Gasteiger partial charge in [0.2, 0.25) is 0 Å². The highest BCUT2D eigenvalue weighted by atomic mass is 19.1. The molecule has 2 nitrogen and oxygen atoms in total. The Bertz CT molecular complexity index is 396. The van der Waals surface area contributed by atoms with Gasteiger partial charge in [0.05, 0.1) is 5.60 Å². The first-order valence-electron chi connectivity index (χ1n) is 7.68. The Morgan fingerprint density at radius 3 is 2.50 bits per heavy atom. The molecule has 0 aromatic heterocycles. The van der Waals surface area contributed by atoms with Crippen LogP contribution in [0.5, 0.6) is 0 Å². The van der Waals surface area contributed by atoms with Gasteiger partial charge in [0.25, 0.3) is 0 Å². The quantitative estimate of drug-likeness (QED) is 0.740. The Balaban J connectivity index is 2.91. The van der Waals surface area contributed by atoms with E-state index in [0.29, 0.717) is 13.0 Å². The fraction of sp³-hybridized carbons (Fsp3) is 0.647. The molecule has 20 heavy (non-hydrogen) atoms. The van der Waals surface area contributed by atoms with Crippen LogP contribution in [0.25, 0.3) is 0 Å². The third-order valence-corrected chi connectivity index (χ3v) is 3.94. The number of nitrogens with one attached hydrogen (secondary N) is 1. The molecular formula is C17H28FNO. The molecule has 0 aliphatic heterocycles. The maximum atomic E-state index is 13.9. The van der Waals surface area contributed by atoms with Crippen molar-refractivity contribution in [1.29, 1.82) is 0 Å². The summed E-state index contributed by atoms with van der Waals surface area (Å²) in [7, 11) is 0. The van der Waals surface area contributed by atoms with Crippen molar-refractivity contribution in [2.75, 3.05) is 13.2 Å². The first kappa shape index (κ1) is 17.1. The zero-order chi connectivity index (χ0) is 15.0. The van der Waals surface area contributed by atoms with E-state index in [1.54, 1.807) is 6.07 Å². The van der Waals surface area contributed by atoms with Crippen molar-refractivity contribution in [3.63, 3.8) is 0 Å². The number of hydrogen-bond acceptors (Lipinski definition) is 2. The Kier molecular flexibility index (Phi) is 7.17. The van der Waals surface area contributed by atoms with Gasteiger partial charge >= 0.3 is 0 Å². The van der Waals surface area contributed by atoms with Crippen LogP contribution in [-0.4, -0.2) is 24.8 Å². The van der Waals surface area contributed by atoms with Crippen LogP contribution >= 0.6 is 0 Å². The summed E-state index contributed by atoms with van der Waals surface area (Å²) in [6, 6.07) is 7.12. The minimum atomic E-state index is -0.272. The van der Waals surface area contributed by atoms with Gasteiger partial charge in [-0.05, 0) is 51.3 Å².